The van der Waals surface area contributed by atoms with Crippen LogP contribution in [0.2, 0.25) is 0 Å². The van der Waals surface area contributed by atoms with Gasteiger partial charge in [0.15, 0.2) is 0 Å². The predicted octanol–water partition coefficient (Wildman–Crippen LogP) is 2.97. The summed E-state index contributed by atoms with van der Waals surface area (Å²) in [5.41, 5.74) is 1.44. The Hall–Kier alpha value is -2.94. The lowest BCUT2D eigenvalue weighted by Gasteiger charge is -2.26. The Kier molecular flexibility index (Phi) is 5.37. The van der Waals surface area contributed by atoms with E-state index >= 15 is 0 Å². The standard InChI is InChI=1S/C19H21N3O5S/c1-14(15-6-3-9-18(12-15)22(24)25)20(2)19(23)16-7-4-8-17(13-16)21-10-5-11-28(21,26)27/h3-4,6-9,12-14H,5,10-11H2,1-2H3/t14-/m0/s1. The summed E-state index contributed by atoms with van der Waals surface area (Å²) in [5, 5.41) is 11.0. The third kappa shape index (κ3) is 3.84. The maximum absolute atomic E-state index is 12.9. The average molecular weight is 403 g/mol. The van der Waals surface area contributed by atoms with Gasteiger partial charge >= 0.3 is 0 Å². The maximum atomic E-state index is 12.9. The van der Waals surface area contributed by atoms with Crippen LogP contribution in [0.15, 0.2) is 48.5 Å². The van der Waals surface area contributed by atoms with E-state index in [-0.39, 0.29) is 17.3 Å². The lowest BCUT2D eigenvalue weighted by atomic mass is 10.1. The molecule has 0 unspecified atom stereocenters. The minimum absolute atomic E-state index is 0.0357. The predicted molar refractivity (Wildman–Crippen MR) is 106 cm³/mol. The summed E-state index contributed by atoms with van der Waals surface area (Å²) < 4.78 is 25.6. The number of non-ortho nitro benzene ring substituents is 1. The summed E-state index contributed by atoms with van der Waals surface area (Å²) in [6.07, 6.45) is 0.560. The Morgan fingerprint density at radius 3 is 2.57 bits per heavy atom. The SMILES string of the molecule is C[C@@H](c1cccc([N+](=O)[O-])c1)N(C)C(=O)c1cccc(N2CCCS2(=O)=O)c1. The molecular weight excluding hydrogens is 382 g/mol. The van der Waals surface area contributed by atoms with Gasteiger partial charge in [0.25, 0.3) is 11.6 Å². The van der Waals surface area contributed by atoms with Gasteiger partial charge in [-0.25, -0.2) is 8.42 Å². The molecule has 1 aliphatic heterocycles. The summed E-state index contributed by atoms with van der Waals surface area (Å²) in [5.74, 6) is -0.188. The third-order valence-electron chi connectivity index (χ3n) is 4.95. The van der Waals surface area contributed by atoms with Gasteiger partial charge in [0, 0.05) is 31.3 Å². The summed E-state index contributed by atoms with van der Waals surface area (Å²) in [6.45, 7) is 2.19. The molecule has 0 spiro atoms. The van der Waals surface area contributed by atoms with Crippen molar-refractivity contribution in [1.82, 2.24) is 4.90 Å². The molecule has 9 heteroatoms. The number of carbonyl (C=O) groups excluding carboxylic acids is 1. The fourth-order valence-electron chi connectivity index (χ4n) is 3.22. The first kappa shape index (κ1) is 19.8. The minimum atomic E-state index is -3.33. The van der Waals surface area contributed by atoms with Crippen molar-refractivity contribution in [2.45, 2.75) is 19.4 Å². The molecule has 1 fully saturated rings. The third-order valence-corrected chi connectivity index (χ3v) is 6.81. The number of benzene rings is 2. The van der Waals surface area contributed by atoms with Crippen molar-refractivity contribution < 1.29 is 18.1 Å². The summed E-state index contributed by atoms with van der Waals surface area (Å²) in [7, 11) is -1.71. The molecule has 0 saturated carbocycles. The first-order chi connectivity index (χ1) is 13.2. The number of hydrogen-bond acceptors (Lipinski definition) is 5. The van der Waals surface area contributed by atoms with Crippen LogP contribution in [0.4, 0.5) is 11.4 Å². The Morgan fingerprint density at radius 1 is 1.21 bits per heavy atom. The van der Waals surface area contributed by atoms with Crippen molar-refractivity contribution in [2.75, 3.05) is 23.7 Å². The molecule has 28 heavy (non-hydrogen) atoms. The summed E-state index contributed by atoms with van der Waals surface area (Å²) in [6, 6.07) is 12.3. The highest BCUT2D eigenvalue weighted by molar-refractivity contribution is 7.93. The van der Waals surface area contributed by atoms with Crippen molar-refractivity contribution in [3.63, 3.8) is 0 Å². The van der Waals surface area contributed by atoms with Crippen molar-refractivity contribution in [2.24, 2.45) is 0 Å². The number of nitrogens with zero attached hydrogens (tertiary/aromatic N) is 3. The number of rotatable bonds is 5. The Morgan fingerprint density at radius 2 is 1.93 bits per heavy atom. The van der Waals surface area contributed by atoms with Crippen LogP contribution < -0.4 is 4.31 Å². The van der Waals surface area contributed by atoms with Gasteiger partial charge in [-0.15, -0.1) is 0 Å². The van der Waals surface area contributed by atoms with Crippen LogP contribution in [0.25, 0.3) is 0 Å². The van der Waals surface area contributed by atoms with Gasteiger partial charge in [-0.05, 0) is 37.1 Å². The molecule has 1 aliphatic rings. The van der Waals surface area contributed by atoms with Crippen LogP contribution in [0, 0.1) is 10.1 Å². The molecule has 148 valence electrons. The van der Waals surface area contributed by atoms with E-state index in [1.54, 1.807) is 50.4 Å². The highest BCUT2D eigenvalue weighted by Crippen LogP contribution is 2.27. The molecule has 1 atom stereocenters. The fourth-order valence-corrected chi connectivity index (χ4v) is 4.78. The van der Waals surface area contributed by atoms with Crippen molar-refractivity contribution >= 4 is 27.3 Å². The van der Waals surface area contributed by atoms with E-state index in [1.807, 2.05) is 0 Å². The first-order valence-corrected chi connectivity index (χ1v) is 10.4. The number of anilines is 1. The molecule has 2 aromatic rings. The van der Waals surface area contributed by atoms with Gasteiger partial charge in [0.05, 0.1) is 22.4 Å². The molecule has 8 nitrogen and oxygen atoms in total. The molecule has 0 radical (unpaired) electrons. The molecular formula is C19H21N3O5S. The van der Waals surface area contributed by atoms with Crippen LogP contribution in [0.1, 0.15) is 35.3 Å². The number of nitro benzene ring substituents is 1. The highest BCUT2D eigenvalue weighted by atomic mass is 32.2. The molecule has 3 rings (SSSR count). The normalized spacial score (nSPS) is 16.6. The number of sulfonamides is 1. The average Bonchev–Trinajstić information content (AvgIpc) is 3.05. The molecule has 1 amide bonds. The van der Waals surface area contributed by atoms with Crippen molar-refractivity contribution in [1.29, 1.82) is 0 Å². The van der Waals surface area contributed by atoms with Crippen LogP contribution in [0.3, 0.4) is 0 Å². The fraction of sp³-hybridized carbons (Fsp3) is 0.316. The first-order valence-electron chi connectivity index (χ1n) is 8.83. The van der Waals surface area contributed by atoms with Crippen LogP contribution in [-0.4, -0.2) is 43.5 Å². The van der Waals surface area contributed by atoms with Gasteiger partial charge in [-0.2, -0.15) is 0 Å². The van der Waals surface area contributed by atoms with Gasteiger partial charge in [0.2, 0.25) is 10.0 Å². The Labute approximate surface area is 163 Å². The largest absolute Gasteiger partial charge is 0.335 e. The summed E-state index contributed by atoms with van der Waals surface area (Å²) >= 11 is 0. The van der Waals surface area contributed by atoms with Crippen molar-refractivity contribution in [3.05, 3.63) is 69.8 Å². The number of nitro groups is 1. The zero-order chi connectivity index (χ0) is 20.5. The molecule has 2 aromatic carbocycles. The zero-order valence-electron chi connectivity index (χ0n) is 15.6. The number of amides is 1. The second kappa shape index (κ2) is 7.59. The van der Waals surface area contributed by atoms with Gasteiger partial charge in [-0.1, -0.05) is 18.2 Å². The lowest BCUT2D eigenvalue weighted by molar-refractivity contribution is -0.384. The highest BCUT2D eigenvalue weighted by Gasteiger charge is 2.29. The van der Waals surface area contributed by atoms with E-state index in [0.717, 1.165) is 0 Å². The van der Waals surface area contributed by atoms with Gasteiger partial charge < -0.3 is 4.90 Å². The van der Waals surface area contributed by atoms with Crippen LogP contribution >= 0.6 is 0 Å². The zero-order valence-corrected chi connectivity index (χ0v) is 16.4. The minimum Gasteiger partial charge on any atom is -0.335 e. The van der Waals surface area contributed by atoms with Gasteiger partial charge in [-0.3, -0.25) is 19.2 Å². The second-order valence-electron chi connectivity index (χ2n) is 6.74. The lowest BCUT2D eigenvalue weighted by Crippen LogP contribution is -2.30. The second-order valence-corrected chi connectivity index (χ2v) is 8.75. The molecule has 0 bridgehead atoms. The van der Waals surface area contributed by atoms with Crippen molar-refractivity contribution in [3.8, 4) is 0 Å². The molecule has 0 aromatic heterocycles. The Bertz CT molecular complexity index is 1020. The Balaban J connectivity index is 1.84. The monoisotopic (exact) mass is 403 g/mol. The molecule has 0 N–H and O–H groups in total. The van der Waals surface area contributed by atoms with Gasteiger partial charge in [0.1, 0.15) is 0 Å². The summed E-state index contributed by atoms with van der Waals surface area (Å²) in [4.78, 5) is 24.9. The van der Waals surface area contributed by atoms with Crippen LogP contribution in [-0.2, 0) is 10.0 Å². The number of hydrogen-bond donors (Lipinski definition) is 0. The quantitative estimate of drug-likeness (QED) is 0.564. The van der Waals surface area contributed by atoms with E-state index < -0.39 is 21.0 Å². The smallest absolute Gasteiger partial charge is 0.269 e. The van der Waals surface area contributed by atoms with E-state index in [9.17, 15) is 23.3 Å². The van der Waals surface area contributed by atoms with E-state index in [1.165, 1.54) is 21.3 Å². The molecule has 1 heterocycles. The molecule has 1 saturated heterocycles. The molecule has 0 aliphatic carbocycles. The van der Waals surface area contributed by atoms with E-state index in [4.69, 9.17) is 0 Å². The maximum Gasteiger partial charge on any atom is 0.269 e. The van der Waals surface area contributed by atoms with E-state index in [0.29, 0.717) is 29.8 Å². The number of carbonyl (C=O) groups is 1. The van der Waals surface area contributed by atoms with E-state index in [2.05, 4.69) is 0 Å². The van der Waals surface area contributed by atoms with Crippen LogP contribution in [0.5, 0.6) is 0 Å². The topological polar surface area (TPSA) is 101 Å².